The Kier molecular flexibility index (Phi) is 14.4. The molecule has 0 unspecified atom stereocenters. The summed E-state index contributed by atoms with van der Waals surface area (Å²) in [4.78, 5) is 45.9. The van der Waals surface area contributed by atoms with E-state index in [0.717, 1.165) is 13.1 Å². The number of ketones is 2. The van der Waals surface area contributed by atoms with Crippen molar-refractivity contribution in [2.24, 2.45) is 17.8 Å². The number of amides is 1. The Hall–Kier alpha value is -3.13. The molecule has 11 nitrogen and oxygen atoms in total. The number of Topliss-reactive ketones (excluding diaryl/α,β-unsaturated/α-hetero) is 2. The quantitative estimate of drug-likeness (QED) is 0.298. The number of carbonyl (C=O) groups is 3. The van der Waals surface area contributed by atoms with Crippen molar-refractivity contribution in [3.63, 3.8) is 0 Å². The first-order valence-electron chi connectivity index (χ1n) is 18.4. The number of halogens is 1. The van der Waals surface area contributed by atoms with Crippen LogP contribution in [0.3, 0.4) is 0 Å². The van der Waals surface area contributed by atoms with Crippen LogP contribution >= 0.6 is 0 Å². The van der Waals surface area contributed by atoms with Gasteiger partial charge in [0.1, 0.15) is 11.9 Å². The van der Waals surface area contributed by atoms with E-state index in [1.165, 1.54) is 12.1 Å². The Morgan fingerprint density at radius 2 is 1.69 bits per heavy atom. The van der Waals surface area contributed by atoms with E-state index in [0.29, 0.717) is 68.7 Å². The zero-order valence-corrected chi connectivity index (χ0v) is 31.9. The molecule has 0 bridgehead atoms. The molecule has 0 radical (unpaired) electrons. The predicted molar refractivity (Wildman–Crippen MR) is 197 cm³/mol. The summed E-state index contributed by atoms with van der Waals surface area (Å²) >= 11 is 0. The Morgan fingerprint density at radius 1 is 1.02 bits per heavy atom. The molecule has 0 aromatic heterocycles. The lowest BCUT2D eigenvalue weighted by Gasteiger charge is -2.37. The molecule has 2 aliphatic heterocycles. The maximum Gasteiger partial charge on any atom is 0.410 e. The first-order chi connectivity index (χ1) is 24.1. The first-order valence-corrected chi connectivity index (χ1v) is 20.0. The molecule has 3 aliphatic rings. The van der Waals surface area contributed by atoms with Crippen molar-refractivity contribution in [2.45, 2.75) is 84.5 Å². The van der Waals surface area contributed by atoms with Gasteiger partial charge in [0, 0.05) is 64.5 Å². The minimum absolute atomic E-state index is 0.0144. The second-order valence-electron chi connectivity index (χ2n) is 14.7. The van der Waals surface area contributed by atoms with E-state index in [9.17, 15) is 27.9 Å². The normalized spacial score (nSPS) is 27.8. The number of rotatable bonds is 8. The topological polar surface area (TPSA) is 128 Å². The number of likely N-dealkylation sites (N-methyl/N-ethyl adjacent to an activating group) is 1. The number of nitrogens with zero attached hydrogens (tertiary/aromatic N) is 4. The average Bonchev–Trinajstić information content (AvgIpc) is 3.08. The lowest BCUT2D eigenvalue weighted by Crippen LogP contribution is -2.48. The lowest BCUT2D eigenvalue weighted by atomic mass is 9.79. The summed E-state index contributed by atoms with van der Waals surface area (Å²) in [6, 6.07) is 4.66. The SMILES string of the molecule is CCCS(=O)(=O)N1CCC(N(C)c2cc(F)cc(/C=C(\C)[C@H]3C(=O)C(=O)C[C@@H](O)CC[C@@H](C)[C@@H](OC(=O)N4CCN(C)CC4)/C=C/[C@@H]3C)c2)CC1. The van der Waals surface area contributed by atoms with Crippen LogP contribution in [0.2, 0.25) is 0 Å². The van der Waals surface area contributed by atoms with Crippen LogP contribution < -0.4 is 4.90 Å². The van der Waals surface area contributed by atoms with Crippen LogP contribution in [0.1, 0.15) is 71.8 Å². The van der Waals surface area contributed by atoms with Gasteiger partial charge in [-0.15, -0.1) is 0 Å². The van der Waals surface area contributed by atoms with Gasteiger partial charge < -0.3 is 24.5 Å². The monoisotopic (exact) mass is 732 g/mol. The summed E-state index contributed by atoms with van der Waals surface area (Å²) in [6.07, 6.45) is 5.58. The van der Waals surface area contributed by atoms with Gasteiger partial charge in [-0.1, -0.05) is 38.5 Å². The number of ether oxygens (including phenoxy) is 1. The van der Waals surface area contributed by atoms with Crippen molar-refractivity contribution >= 4 is 39.4 Å². The van der Waals surface area contributed by atoms with Gasteiger partial charge in [0.05, 0.1) is 17.8 Å². The van der Waals surface area contributed by atoms with E-state index in [1.54, 1.807) is 28.3 Å². The van der Waals surface area contributed by atoms with E-state index in [2.05, 4.69) is 4.90 Å². The van der Waals surface area contributed by atoms with Crippen LogP contribution in [-0.2, 0) is 24.3 Å². The average molecular weight is 733 g/mol. The molecular formula is C38H57FN4O7S. The Balaban J connectivity index is 1.56. The number of aliphatic hydroxyl groups is 1. The van der Waals surface area contributed by atoms with Crippen LogP contribution in [0.4, 0.5) is 14.9 Å². The smallest absolute Gasteiger partial charge is 0.410 e. The number of sulfonamides is 1. The van der Waals surface area contributed by atoms with E-state index >= 15 is 4.39 Å². The number of hydrogen-bond donors (Lipinski definition) is 1. The molecule has 1 aromatic rings. The van der Waals surface area contributed by atoms with Crippen molar-refractivity contribution in [3.8, 4) is 0 Å². The highest BCUT2D eigenvalue weighted by atomic mass is 32.2. The molecule has 1 N–H and O–H groups in total. The number of hydrogen-bond acceptors (Lipinski definition) is 9. The summed E-state index contributed by atoms with van der Waals surface area (Å²) in [5.41, 5.74) is 1.71. The molecule has 0 spiro atoms. The minimum atomic E-state index is -3.28. The minimum Gasteiger partial charge on any atom is -0.442 e. The second kappa shape index (κ2) is 18.1. The summed E-state index contributed by atoms with van der Waals surface area (Å²) in [6.45, 7) is 10.8. The van der Waals surface area contributed by atoms with Crippen molar-refractivity contribution in [2.75, 3.05) is 64.0 Å². The molecule has 284 valence electrons. The maximum atomic E-state index is 15.1. The van der Waals surface area contributed by atoms with Crippen LogP contribution in [0, 0.1) is 23.6 Å². The number of aliphatic hydroxyl groups excluding tert-OH is 1. The van der Waals surface area contributed by atoms with Crippen LogP contribution in [0.15, 0.2) is 35.9 Å². The molecule has 1 aromatic carbocycles. The van der Waals surface area contributed by atoms with Crippen LogP contribution in [-0.4, -0.2) is 123 Å². The van der Waals surface area contributed by atoms with E-state index in [1.807, 2.05) is 51.9 Å². The standard InChI is InChI=1S/C38H57FN4O7S/c1-7-20-51(48,49)43-14-12-31(13-15-43)41(6)32-23-29(22-30(39)24-32)21-28(4)36-27(3)9-11-35(50-38(47)42-18-16-40(5)17-19-42)26(2)8-10-33(44)25-34(45)37(36)46/h9,11,21-24,26-27,31,33,35-36,44H,7-8,10,12-20,25H2,1-6H3/b11-9+,28-21+/t26-,27+,33+,35+,36+/m1/s1. The fraction of sp³-hybridized carbons (Fsp3) is 0.658. The fourth-order valence-corrected chi connectivity index (χ4v) is 8.87. The third-order valence-electron chi connectivity index (χ3n) is 10.6. The summed E-state index contributed by atoms with van der Waals surface area (Å²) < 4.78 is 47.7. The van der Waals surface area contributed by atoms with Gasteiger partial charge in [-0.3, -0.25) is 9.59 Å². The number of carbonyl (C=O) groups excluding carboxylic acids is 3. The van der Waals surface area contributed by atoms with Gasteiger partial charge in [-0.2, -0.15) is 0 Å². The third kappa shape index (κ3) is 10.9. The number of allylic oxidation sites excluding steroid dienone is 2. The number of benzene rings is 1. The van der Waals surface area contributed by atoms with Crippen molar-refractivity contribution in [3.05, 3.63) is 47.3 Å². The summed E-state index contributed by atoms with van der Waals surface area (Å²) in [7, 11) is 0.600. The molecule has 51 heavy (non-hydrogen) atoms. The molecule has 2 saturated heterocycles. The highest BCUT2D eigenvalue weighted by Crippen LogP contribution is 2.31. The molecule has 4 rings (SSSR count). The van der Waals surface area contributed by atoms with Crippen molar-refractivity contribution in [1.29, 1.82) is 0 Å². The second-order valence-corrected chi connectivity index (χ2v) is 16.8. The predicted octanol–water partition coefficient (Wildman–Crippen LogP) is 4.75. The first kappa shape index (κ1) is 40.6. The Labute approximate surface area is 303 Å². The number of piperidine rings is 1. The molecule has 0 saturated carbocycles. The molecule has 2 heterocycles. The lowest BCUT2D eigenvalue weighted by molar-refractivity contribution is -0.140. The summed E-state index contributed by atoms with van der Waals surface area (Å²) in [5.74, 6) is -3.12. The van der Waals surface area contributed by atoms with E-state index in [-0.39, 0.29) is 30.6 Å². The van der Waals surface area contributed by atoms with Gasteiger partial charge in [0.2, 0.25) is 21.6 Å². The largest absolute Gasteiger partial charge is 0.442 e. The highest BCUT2D eigenvalue weighted by Gasteiger charge is 2.34. The molecule has 13 heteroatoms. The van der Waals surface area contributed by atoms with Crippen LogP contribution in [0.5, 0.6) is 0 Å². The zero-order chi connectivity index (χ0) is 37.5. The fourth-order valence-electron chi connectivity index (χ4n) is 7.33. The molecule has 2 fully saturated rings. The zero-order valence-electron chi connectivity index (χ0n) is 31.1. The Morgan fingerprint density at radius 3 is 2.33 bits per heavy atom. The number of piperazine rings is 1. The van der Waals surface area contributed by atoms with E-state index in [4.69, 9.17) is 4.74 Å². The summed E-state index contributed by atoms with van der Waals surface area (Å²) in [5, 5.41) is 10.7. The van der Waals surface area contributed by atoms with Gasteiger partial charge in [0.25, 0.3) is 0 Å². The third-order valence-corrected chi connectivity index (χ3v) is 12.7. The van der Waals surface area contributed by atoms with Crippen molar-refractivity contribution in [1.82, 2.24) is 14.1 Å². The molecule has 5 atom stereocenters. The molecule has 1 amide bonds. The van der Waals surface area contributed by atoms with Gasteiger partial charge in [-0.25, -0.2) is 21.9 Å². The number of anilines is 1. The van der Waals surface area contributed by atoms with Crippen molar-refractivity contribution < 1.29 is 37.0 Å². The molecule has 1 aliphatic carbocycles. The van der Waals surface area contributed by atoms with Gasteiger partial charge in [0.15, 0.2) is 0 Å². The van der Waals surface area contributed by atoms with Gasteiger partial charge >= 0.3 is 6.09 Å². The van der Waals surface area contributed by atoms with Gasteiger partial charge in [-0.05, 0) is 87.7 Å². The van der Waals surface area contributed by atoms with E-state index < -0.39 is 57.5 Å². The molecular weight excluding hydrogens is 676 g/mol. The highest BCUT2D eigenvalue weighted by molar-refractivity contribution is 7.89. The van der Waals surface area contributed by atoms with Crippen LogP contribution in [0.25, 0.3) is 6.08 Å². The maximum absolute atomic E-state index is 15.1. The Bertz CT molecular complexity index is 1550.